The number of alkyl halides is 3. The van der Waals surface area contributed by atoms with Gasteiger partial charge in [0.2, 0.25) is 0 Å². The fourth-order valence-corrected chi connectivity index (χ4v) is 1.69. The van der Waals surface area contributed by atoms with E-state index in [0.29, 0.717) is 11.5 Å². The molecule has 0 aliphatic rings. The topological polar surface area (TPSA) is 58.6 Å². The van der Waals surface area contributed by atoms with Crippen molar-refractivity contribution in [2.45, 2.75) is 19.2 Å². The Kier molecular flexibility index (Phi) is 4.78. The molecule has 0 saturated carbocycles. The molecule has 0 saturated heterocycles. The van der Waals surface area contributed by atoms with E-state index in [0.717, 1.165) is 12.1 Å². The smallest absolute Gasteiger partial charge is 0.416 e. The lowest BCUT2D eigenvalue weighted by molar-refractivity contribution is -0.312. The van der Waals surface area contributed by atoms with Gasteiger partial charge in [-0.2, -0.15) is 13.2 Å². The Bertz CT molecular complexity index is 663. The highest BCUT2D eigenvalue weighted by Crippen LogP contribution is 2.31. The van der Waals surface area contributed by atoms with Crippen LogP contribution in [0.25, 0.3) is 0 Å². The predicted octanol–water partition coefficient (Wildman–Crippen LogP) is 3.01. The molecule has 2 aromatic carbocycles. The molecule has 0 aliphatic carbocycles. The quantitative estimate of drug-likeness (QED) is 0.848. The van der Waals surface area contributed by atoms with Crippen LogP contribution in [0.1, 0.15) is 12.5 Å². The van der Waals surface area contributed by atoms with Crippen LogP contribution in [0.3, 0.4) is 0 Å². The van der Waals surface area contributed by atoms with Crippen LogP contribution in [-0.4, -0.2) is 12.1 Å². The van der Waals surface area contributed by atoms with Crippen molar-refractivity contribution in [2.75, 3.05) is 0 Å². The molecule has 0 radical (unpaired) electrons. The van der Waals surface area contributed by atoms with E-state index >= 15 is 0 Å². The maximum Gasteiger partial charge on any atom is 0.416 e. The summed E-state index contributed by atoms with van der Waals surface area (Å²) in [5.41, 5.74) is -0.759. The van der Waals surface area contributed by atoms with Crippen LogP contribution in [0.2, 0.25) is 0 Å². The first-order valence-electron chi connectivity index (χ1n) is 6.58. The van der Waals surface area contributed by atoms with Crippen LogP contribution in [0.5, 0.6) is 17.2 Å². The number of carboxylic acids is 1. The third-order valence-electron chi connectivity index (χ3n) is 2.89. The molecule has 2 aromatic rings. The second-order valence-corrected chi connectivity index (χ2v) is 4.67. The summed E-state index contributed by atoms with van der Waals surface area (Å²) in [5.74, 6) is -0.412. The Morgan fingerprint density at radius 1 is 0.957 bits per heavy atom. The van der Waals surface area contributed by atoms with Crippen molar-refractivity contribution in [1.82, 2.24) is 0 Å². The highest BCUT2D eigenvalue weighted by Gasteiger charge is 2.30. The van der Waals surface area contributed by atoms with Crippen LogP contribution in [0.4, 0.5) is 13.2 Å². The molecular formula is C16H12F3O4-. The standard InChI is InChI=1S/C16H13F3O4/c1-10(15(20)21)22-12-6-8-14(9-7-12)23-13-4-2-11(3-5-13)16(17,18)19/h2-10H,1H3,(H,20,21)/p-1. The summed E-state index contributed by atoms with van der Waals surface area (Å²) < 4.78 is 47.8. The van der Waals surface area contributed by atoms with Gasteiger partial charge in [-0.05, 0) is 55.5 Å². The van der Waals surface area contributed by atoms with E-state index in [1.807, 2.05) is 0 Å². The predicted molar refractivity (Wildman–Crippen MR) is 73.1 cm³/mol. The number of hydrogen-bond acceptors (Lipinski definition) is 4. The van der Waals surface area contributed by atoms with Crippen LogP contribution in [0, 0.1) is 0 Å². The Hall–Kier alpha value is -2.70. The van der Waals surface area contributed by atoms with Crippen LogP contribution < -0.4 is 14.6 Å². The van der Waals surface area contributed by atoms with Crippen molar-refractivity contribution in [1.29, 1.82) is 0 Å². The highest BCUT2D eigenvalue weighted by molar-refractivity contribution is 5.69. The average molecular weight is 325 g/mol. The Morgan fingerprint density at radius 3 is 1.83 bits per heavy atom. The number of aliphatic carboxylic acids is 1. The largest absolute Gasteiger partial charge is 0.546 e. The fourth-order valence-electron chi connectivity index (χ4n) is 1.69. The Balaban J connectivity index is 2.02. The van der Waals surface area contributed by atoms with Crippen molar-refractivity contribution in [3.8, 4) is 17.2 Å². The fraction of sp³-hybridized carbons (Fsp3) is 0.188. The summed E-state index contributed by atoms with van der Waals surface area (Å²) >= 11 is 0. The second-order valence-electron chi connectivity index (χ2n) is 4.67. The molecule has 122 valence electrons. The minimum absolute atomic E-state index is 0.245. The van der Waals surface area contributed by atoms with Crippen molar-refractivity contribution in [3.63, 3.8) is 0 Å². The van der Waals surface area contributed by atoms with Crippen molar-refractivity contribution in [3.05, 3.63) is 54.1 Å². The van der Waals surface area contributed by atoms with E-state index in [9.17, 15) is 23.1 Å². The zero-order valence-corrected chi connectivity index (χ0v) is 12.0. The van der Waals surface area contributed by atoms with E-state index in [4.69, 9.17) is 9.47 Å². The van der Waals surface area contributed by atoms with Gasteiger partial charge in [0.15, 0.2) is 0 Å². The number of benzene rings is 2. The zero-order chi connectivity index (χ0) is 17.0. The van der Waals surface area contributed by atoms with E-state index in [2.05, 4.69) is 0 Å². The van der Waals surface area contributed by atoms with Gasteiger partial charge >= 0.3 is 6.18 Å². The molecule has 7 heteroatoms. The average Bonchev–Trinajstić information content (AvgIpc) is 2.49. The minimum atomic E-state index is -4.40. The molecule has 0 aliphatic heterocycles. The van der Waals surface area contributed by atoms with Crippen molar-refractivity contribution < 1.29 is 32.5 Å². The summed E-state index contributed by atoms with van der Waals surface area (Å²) in [6.45, 7) is 1.34. The van der Waals surface area contributed by atoms with Gasteiger partial charge < -0.3 is 19.4 Å². The van der Waals surface area contributed by atoms with Gasteiger partial charge in [0.05, 0.1) is 11.5 Å². The molecule has 23 heavy (non-hydrogen) atoms. The van der Waals surface area contributed by atoms with Crippen molar-refractivity contribution >= 4 is 5.97 Å². The summed E-state index contributed by atoms with van der Waals surface area (Å²) in [6.07, 6.45) is -5.50. The number of ether oxygens (including phenoxy) is 2. The summed E-state index contributed by atoms with van der Waals surface area (Å²) in [6, 6.07) is 10.3. The van der Waals surface area contributed by atoms with Crippen LogP contribution >= 0.6 is 0 Å². The van der Waals surface area contributed by atoms with Crippen molar-refractivity contribution in [2.24, 2.45) is 0 Å². The SMILES string of the molecule is CC(Oc1ccc(Oc2ccc(C(F)(F)F)cc2)cc1)C(=O)[O-]. The zero-order valence-electron chi connectivity index (χ0n) is 12.0. The maximum atomic E-state index is 12.5. The number of carbonyl (C=O) groups excluding carboxylic acids is 1. The molecule has 4 nitrogen and oxygen atoms in total. The summed E-state index contributed by atoms with van der Waals surface area (Å²) in [5, 5.41) is 10.6. The number of carboxylic acid groups (broad SMARTS) is 1. The first-order chi connectivity index (χ1) is 10.8. The number of hydrogen-bond donors (Lipinski definition) is 0. The molecule has 1 unspecified atom stereocenters. The van der Waals surface area contributed by atoms with Gasteiger partial charge in [0.1, 0.15) is 23.4 Å². The molecule has 0 heterocycles. The second kappa shape index (κ2) is 6.60. The van der Waals surface area contributed by atoms with Gasteiger partial charge in [0, 0.05) is 0 Å². The van der Waals surface area contributed by atoms with Gasteiger partial charge in [-0.25, -0.2) is 0 Å². The molecule has 0 amide bonds. The maximum absolute atomic E-state index is 12.5. The van der Waals surface area contributed by atoms with E-state index in [1.54, 1.807) is 0 Å². The first kappa shape index (κ1) is 16.7. The number of carbonyl (C=O) groups is 1. The molecule has 0 spiro atoms. The van der Waals surface area contributed by atoms with E-state index in [1.165, 1.54) is 43.3 Å². The van der Waals surface area contributed by atoms with Crippen LogP contribution in [0.15, 0.2) is 48.5 Å². The molecule has 0 N–H and O–H groups in total. The Labute approximate surface area is 130 Å². The lowest BCUT2D eigenvalue weighted by Crippen LogP contribution is -2.37. The molecule has 0 aromatic heterocycles. The molecule has 0 bridgehead atoms. The van der Waals surface area contributed by atoms with E-state index < -0.39 is 23.8 Å². The molecule has 0 fully saturated rings. The lowest BCUT2D eigenvalue weighted by Gasteiger charge is -2.15. The van der Waals surface area contributed by atoms with Gasteiger partial charge in [0.25, 0.3) is 0 Å². The molecule has 1 atom stereocenters. The normalized spacial score (nSPS) is 12.5. The third kappa shape index (κ3) is 4.64. The molecular weight excluding hydrogens is 313 g/mol. The first-order valence-corrected chi connectivity index (χ1v) is 6.58. The van der Waals surface area contributed by atoms with Crippen LogP contribution in [-0.2, 0) is 11.0 Å². The molecule has 2 rings (SSSR count). The summed E-state index contributed by atoms with van der Waals surface area (Å²) in [7, 11) is 0. The lowest BCUT2D eigenvalue weighted by atomic mass is 10.2. The van der Waals surface area contributed by atoms with E-state index in [-0.39, 0.29) is 5.75 Å². The van der Waals surface area contributed by atoms with Gasteiger partial charge in [-0.15, -0.1) is 0 Å². The monoisotopic (exact) mass is 325 g/mol. The van der Waals surface area contributed by atoms with Gasteiger partial charge in [-0.1, -0.05) is 0 Å². The third-order valence-corrected chi connectivity index (χ3v) is 2.89. The number of rotatable bonds is 5. The van der Waals surface area contributed by atoms with Gasteiger partial charge in [-0.3, -0.25) is 0 Å². The highest BCUT2D eigenvalue weighted by atomic mass is 19.4. The summed E-state index contributed by atoms with van der Waals surface area (Å²) in [4.78, 5) is 10.6. The minimum Gasteiger partial charge on any atom is -0.546 e. The number of halogens is 3. The Morgan fingerprint density at radius 2 is 1.39 bits per heavy atom.